The Morgan fingerprint density at radius 1 is 1.29 bits per heavy atom. The van der Waals surface area contributed by atoms with Gasteiger partial charge in [0.05, 0.1) is 5.02 Å². The van der Waals surface area contributed by atoms with Crippen molar-refractivity contribution < 1.29 is 5.11 Å². The Balaban J connectivity index is 1.77. The standard InChI is InChI=1S/C13H17Cl2NO/c14-11-6-10(13(17)12(15)7-11)8-16-5-1-2-9-3-4-9/h6-7,9,16-17H,1-5,8H2. The van der Waals surface area contributed by atoms with Crippen LogP contribution in [0.15, 0.2) is 12.1 Å². The second kappa shape index (κ2) is 5.94. The molecule has 17 heavy (non-hydrogen) atoms. The van der Waals surface area contributed by atoms with Gasteiger partial charge in [0.25, 0.3) is 0 Å². The molecule has 0 aliphatic heterocycles. The number of hydrogen-bond donors (Lipinski definition) is 2. The Hall–Kier alpha value is -0.440. The fraction of sp³-hybridized carbons (Fsp3) is 0.538. The lowest BCUT2D eigenvalue weighted by Crippen LogP contribution is -2.15. The minimum Gasteiger partial charge on any atom is -0.506 e. The zero-order valence-corrected chi connectivity index (χ0v) is 11.2. The first-order valence-corrected chi connectivity index (χ1v) is 6.80. The van der Waals surface area contributed by atoms with Crippen molar-refractivity contribution in [2.24, 2.45) is 5.92 Å². The molecule has 0 saturated heterocycles. The van der Waals surface area contributed by atoms with Crippen molar-refractivity contribution in [1.82, 2.24) is 5.32 Å². The molecule has 0 radical (unpaired) electrons. The Morgan fingerprint density at radius 3 is 2.76 bits per heavy atom. The molecule has 1 aromatic carbocycles. The lowest BCUT2D eigenvalue weighted by Gasteiger charge is -2.08. The summed E-state index contributed by atoms with van der Waals surface area (Å²) in [5.74, 6) is 1.11. The maximum atomic E-state index is 9.75. The highest BCUT2D eigenvalue weighted by Crippen LogP contribution is 2.33. The van der Waals surface area contributed by atoms with Crippen molar-refractivity contribution in [1.29, 1.82) is 0 Å². The molecule has 0 amide bonds. The van der Waals surface area contributed by atoms with Gasteiger partial charge in [0, 0.05) is 17.1 Å². The molecule has 4 heteroatoms. The SMILES string of the molecule is Oc1c(Cl)cc(Cl)cc1CNCCCC1CC1. The van der Waals surface area contributed by atoms with E-state index in [1.54, 1.807) is 12.1 Å². The summed E-state index contributed by atoms with van der Waals surface area (Å²) in [5.41, 5.74) is 0.758. The van der Waals surface area contributed by atoms with Crippen molar-refractivity contribution in [3.8, 4) is 5.75 Å². The van der Waals surface area contributed by atoms with E-state index in [0.717, 1.165) is 18.0 Å². The zero-order valence-electron chi connectivity index (χ0n) is 9.68. The van der Waals surface area contributed by atoms with Gasteiger partial charge in [0.15, 0.2) is 0 Å². The largest absolute Gasteiger partial charge is 0.506 e. The van der Waals surface area contributed by atoms with Crippen LogP contribution in [0.1, 0.15) is 31.2 Å². The minimum absolute atomic E-state index is 0.130. The van der Waals surface area contributed by atoms with E-state index in [9.17, 15) is 5.11 Å². The molecule has 0 heterocycles. The summed E-state index contributed by atoms with van der Waals surface area (Å²) in [7, 11) is 0. The smallest absolute Gasteiger partial charge is 0.138 e. The van der Waals surface area contributed by atoms with Crippen molar-refractivity contribution in [3.05, 3.63) is 27.7 Å². The first-order valence-electron chi connectivity index (χ1n) is 6.04. The van der Waals surface area contributed by atoms with Gasteiger partial charge in [-0.1, -0.05) is 36.0 Å². The summed E-state index contributed by atoms with van der Waals surface area (Å²) in [4.78, 5) is 0. The van der Waals surface area contributed by atoms with Gasteiger partial charge in [-0.15, -0.1) is 0 Å². The second-order valence-electron chi connectivity index (χ2n) is 4.66. The van der Waals surface area contributed by atoms with Crippen molar-refractivity contribution in [3.63, 3.8) is 0 Å². The predicted molar refractivity (Wildman–Crippen MR) is 71.8 cm³/mol. The fourth-order valence-electron chi connectivity index (χ4n) is 1.90. The van der Waals surface area contributed by atoms with E-state index >= 15 is 0 Å². The Bertz CT molecular complexity index is 391. The summed E-state index contributed by atoms with van der Waals surface area (Å²) >= 11 is 11.7. The third-order valence-corrected chi connectivity index (χ3v) is 3.59. The first kappa shape index (κ1) is 13.0. The van der Waals surface area contributed by atoms with Crippen LogP contribution < -0.4 is 5.32 Å². The third kappa shape index (κ3) is 4.06. The molecular formula is C13H17Cl2NO. The highest BCUT2D eigenvalue weighted by molar-refractivity contribution is 6.35. The molecule has 1 aliphatic rings. The summed E-state index contributed by atoms with van der Waals surface area (Å²) in [6.45, 7) is 1.58. The molecule has 0 bridgehead atoms. The van der Waals surface area contributed by atoms with Gasteiger partial charge < -0.3 is 10.4 Å². The summed E-state index contributed by atoms with van der Waals surface area (Å²) in [5, 5.41) is 13.9. The molecule has 1 aliphatic carbocycles. The number of nitrogens with one attached hydrogen (secondary N) is 1. The van der Waals surface area contributed by atoms with Crippen molar-refractivity contribution in [2.75, 3.05) is 6.54 Å². The van der Waals surface area contributed by atoms with Gasteiger partial charge in [0.2, 0.25) is 0 Å². The van der Waals surface area contributed by atoms with Crippen molar-refractivity contribution in [2.45, 2.75) is 32.2 Å². The Labute approximate surface area is 112 Å². The van der Waals surface area contributed by atoms with E-state index < -0.39 is 0 Å². The molecule has 1 fully saturated rings. The number of aromatic hydroxyl groups is 1. The van der Waals surface area contributed by atoms with Crippen molar-refractivity contribution >= 4 is 23.2 Å². The number of phenols is 1. The lowest BCUT2D eigenvalue weighted by atomic mass is 10.2. The summed E-state index contributed by atoms with van der Waals surface area (Å²) in [6.07, 6.45) is 5.32. The monoisotopic (exact) mass is 273 g/mol. The second-order valence-corrected chi connectivity index (χ2v) is 5.50. The summed E-state index contributed by atoms with van der Waals surface area (Å²) in [6, 6.07) is 3.30. The average Bonchev–Trinajstić information content (AvgIpc) is 3.08. The first-order chi connectivity index (χ1) is 8.16. The molecule has 2 nitrogen and oxygen atoms in total. The van der Waals surface area contributed by atoms with Gasteiger partial charge >= 0.3 is 0 Å². The van der Waals surface area contributed by atoms with Crippen LogP contribution in [0, 0.1) is 5.92 Å². The number of phenolic OH excluding ortho intramolecular Hbond substituents is 1. The van der Waals surface area contributed by atoms with Crippen LogP contribution in [0.2, 0.25) is 10.0 Å². The number of halogens is 2. The highest BCUT2D eigenvalue weighted by atomic mass is 35.5. The Kier molecular flexibility index (Phi) is 4.55. The van der Waals surface area contributed by atoms with Crippen LogP contribution >= 0.6 is 23.2 Å². The average molecular weight is 274 g/mol. The highest BCUT2D eigenvalue weighted by Gasteiger charge is 2.19. The van der Waals surface area contributed by atoms with Crippen LogP contribution in [-0.4, -0.2) is 11.7 Å². The quantitative estimate of drug-likeness (QED) is 0.769. The molecule has 0 aromatic heterocycles. The van der Waals surface area contributed by atoms with Gasteiger partial charge in [-0.25, -0.2) is 0 Å². The molecule has 0 atom stereocenters. The molecule has 0 unspecified atom stereocenters. The zero-order chi connectivity index (χ0) is 12.3. The number of rotatable bonds is 6. The van der Waals surface area contributed by atoms with E-state index in [-0.39, 0.29) is 5.75 Å². The van der Waals surface area contributed by atoms with Gasteiger partial charge in [0.1, 0.15) is 5.75 Å². The molecule has 2 N–H and O–H groups in total. The van der Waals surface area contributed by atoms with E-state index in [4.69, 9.17) is 23.2 Å². The van der Waals surface area contributed by atoms with Crippen LogP contribution in [0.25, 0.3) is 0 Å². The molecule has 1 aromatic rings. The number of benzene rings is 1. The van der Waals surface area contributed by atoms with E-state index in [1.807, 2.05) is 0 Å². The Morgan fingerprint density at radius 2 is 2.06 bits per heavy atom. The maximum Gasteiger partial charge on any atom is 0.138 e. The van der Waals surface area contributed by atoms with Gasteiger partial charge in [-0.05, 0) is 37.4 Å². The molecule has 0 spiro atoms. The topological polar surface area (TPSA) is 32.3 Å². The predicted octanol–water partition coefficient (Wildman–Crippen LogP) is 3.98. The fourth-order valence-corrected chi connectivity index (χ4v) is 2.43. The van der Waals surface area contributed by atoms with E-state index in [1.165, 1.54) is 25.7 Å². The van der Waals surface area contributed by atoms with Crippen LogP contribution in [-0.2, 0) is 6.54 Å². The normalized spacial score (nSPS) is 15.2. The minimum atomic E-state index is 0.130. The van der Waals surface area contributed by atoms with E-state index in [0.29, 0.717) is 16.6 Å². The number of hydrogen-bond acceptors (Lipinski definition) is 2. The van der Waals surface area contributed by atoms with Gasteiger partial charge in [-0.2, -0.15) is 0 Å². The van der Waals surface area contributed by atoms with E-state index in [2.05, 4.69) is 5.32 Å². The van der Waals surface area contributed by atoms with Crippen LogP contribution in [0.3, 0.4) is 0 Å². The summed E-state index contributed by atoms with van der Waals surface area (Å²) < 4.78 is 0. The molecule has 2 rings (SSSR count). The van der Waals surface area contributed by atoms with Gasteiger partial charge in [-0.3, -0.25) is 0 Å². The molecular weight excluding hydrogens is 257 g/mol. The molecule has 94 valence electrons. The molecule has 1 saturated carbocycles. The maximum absolute atomic E-state index is 9.75. The van der Waals surface area contributed by atoms with Crippen LogP contribution in [0.4, 0.5) is 0 Å². The third-order valence-electron chi connectivity index (χ3n) is 3.09. The van der Waals surface area contributed by atoms with Crippen LogP contribution in [0.5, 0.6) is 5.75 Å². The lowest BCUT2D eigenvalue weighted by molar-refractivity contribution is 0.464.